The number of aliphatic imine (C=N–C) groups is 1. The quantitative estimate of drug-likeness (QED) is 0.0479. The fourth-order valence-electron chi connectivity index (χ4n) is 2.83. The Kier molecular flexibility index (Phi) is 15.8. The number of carbonyl (C=O) groups is 5. The summed E-state index contributed by atoms with van der Waals surface area (Å²) in [5.74, 6) is -4.72. The number of aliphatic hydroxyl groups excluding tert-OH is 1. The van der Waals surface area contributed by atoms with Gasteiger partial charge in [-0.25, -0.2) is 4.79 Å². The Morgan fingerprint density at radius 3 is 1.89 bits per heavy atom. The van der Waals surface area contributed by atoms with Crippen molar-refractivity contribution in [3.8, 4) is 0 Å². The van der Waals surface area contributed by atoms with Gasteiger partial charge in [0.25, 0.3) is 0 Å². The van der Waals surface area contributed by atoms with Crippen molar-refractivity contribution >= 4 is 47.4 Å². The number of aliphatic carboxylic acids is 2. The van der Waals surface area contributed by atoms with E-state index in [1.807, 2.05) is 0 Å². The summed E-state index contributed by atoms with van der Waals surface area (Å²) in [6.45, 7) is 1.47. The summed E-state index contributed by atoms with van der Waals surface area (Å²) in [7, 11) is 0. The number of carbonyl (C=O) groups excluding carboxylic acids is 3. The Bertz CT molecular complexity index is 792. The Hall–Kier alpha value is -3.11. The van der Waals surface area contributed by atoms with Gasteiger partial charge in [0.15, 0.2) is 5.96 Å². The van der Waals surface area contributed by atoms with E-state index in [1.54, 1.807) is 6.26 Å². The van der Waals surface area contributed by atoms with Crippen LogP contribution in [0.4, 0.5) is 0 Å². The molecule has 0 rings (SSSR count). The van der Waals surface area contributed by atoms with Gasteiger partial charge in [-0.05, 0) is 44.6 Å². The minimum Gasteiger partial charge on any atom is -0.481 e. The number of hydrogen-bond acceptors (Lipinski definition) is 9. The molecule has 0 aromatic rings. The first-order valence-corrected chi connectivity index (χ1v) is 12.5. The van der Waals surface area contributed by atoms with Gasteiger partial charge in [-0.15, -0.1) is 0 Å². The summed E-state index contributed by atoms with van der Waals surface area (Å²) in [5.41, 5.74) is 16.2. The first-order valence-electron chi connectivity index (χ1n) is 11.1. The summed E-state index contributed by atoms with van der Waals surface area (Å²) in [6, 6.07) is -5.11. The molecule has 5 atom stereocenters. The highest BCUT2D eigenvalue weighted by atomic mass is 32.2. The molecule has 36 heavy (non-hydrogen) atoms. The van der Waals surface area contributed by atoms with Crippen molar-refractivity contribution in [2.75, 3.05) is 18.6 Å². The lowest BCUT2D eigenvalue weighted by Crippen LogP contribution is -2.58. The molecule has 16 heteroatoms. The van der Waals surface area contributed by atoms with Crippen LogP contribution >= 0.6 is 11.8 Å². The third-order valence-corrected chi connectivity index (χ3v) is 5.55. The van der Waals surface area contributed by atoms with Crippen molar-refractivity contribution in [3.05, 3.63) is 0 Å². The second kappa shape index (κ2) is 17.3. The monoisotopic (exact) mass is 535 g/mol. The van der Waals surface area contributed by atoms with E-state index in [9.17, 15) is 34.2 Å². The first kappa shape index (κ1) is 32.9. The number of aliphatic hydroxyl groups is 1. The van der Waals surface area contributed by atoms with Gasteiger partial charge in [-0.3, -0.25) is 24.2 Å². The number of thioether (sulfide) groups is 1. The summed E-state index contributed by atoms with van der Waals surface area (Å²) < 4.78 is 0. The van der Waals surface area contributed by atoms with E-state index in [0.29, 0.717) is 5.75 Å². The molecule has 0 saturated carbocycles. The SMILES string of the molecule is CSCCC(NC(=O)C(CCCN=C(N)N)NC(=O)C(N)C(C)O)C(=O)NC(CCC(=O)O)C(=O)O. The van der Waals surface area contributed by atoms with Crippen LogP contribution in [0.2, 0.25) is 0 Å². The lowest BCUT2D eigenvalue weighted by Gasteiger charge is -2.25. The van der Waals surface area contributed by atoms with Crippen LogP contribution in [-0.4, -0.2) is 99.8 Å². The molecule has 206 valence electrons. The molecular formula is C20H37N7O8S. The second-order valence-corrected chi connectivity index (χ2v) is 8.94. The second-order valence-electron chi connectivity index (χ2n) is 7.95. The van der Waals surface area contributed by atoms with Crippen molar-refractivity contribution < 1.29 is 39.3 Å². The molecule has 15 nitrogen and oxygen atoms in total. The molecule has 0 aliphatic rings. The summed E-state index contributed by atoms with van der Waals surface area (Å²) in [4.78, 5) is 64.2. The van der Waals surface area contributed by atoms with E-state index in [0.717, 1.165) is 0 Å². The van der Waals surface area contributed by atoms with Gasteiger partial charge in [0.05, 0.1) is 6.10 Å². The van der Waals surface area contributed by atoms with Gasteiger partial charge in [0.2, 0.25) is 17.7 Å². The Morgan fingerprint density at radius 1 is 0.889 bits per heavy atom. The van der Waals surface area contributed by atoms with Crippen LogP contribution in [-0.2, 0) is 24.0 Å². The number of nitrogens with zero attached hydrogens (tertiary/aromatic N) is 1. The maximum atomic E-state index is 13.0. The summed E-state index contributed by atoms with van der Waals surface area (Å²) >= 11 is 1.38. The molecule has 0 bridgehead atoms. The average Bonchev–Trinajstić information content (AvgIpc) is 2.79. The highest BCUT2D eigenvalue weighted by Gasteiger charge is 2.30. The predicted octanol–water partition coefficient (Wildman–Crippen LogP) is -3.09. The van der Waals surface area contributed by atoms with Crippen molar-refractivity contribution in [2.45, 2.75) is 69.3 Å². The van der Waals surface area contributed by atoms with Crippen molar-refractivity contribution in [1.29, 1.82) is 0 Å². The number of guanidine groups is 1. The Balaban J connectivity index is 5.57. The fourth-order valence-corrected chi connectivity index (χ4v) is 3.31. The molecule has 0 heterocycles. The molecule has 0 saturated heterocycles. The molecule has 0 aliphatic heterocycles. The van der Waals surface area contributed by atoms with E-state index < -0.39 is 66.4 Å². The summed E-state index contributed by atoms with van der Waals surface area (Å²) in [6.07, 6.45) is 0.230. The zero-order chi connectivity index (χ0) is 27.8. The van der Waals surface area contributed by atoms with Crippen LogP contribution in [0, 0.1) is 0 Å². The van der Waals surface area contributed by atoms with Crippen LogP contribution in [0.1, 0.15) is 39.0 Å². The van der Waals surface area contributed by atoms with E-state index in [2.05, 4.69) is 20.9 Å². The molecule has 0 spiro atoms. The number of carboxylic acid groups (broad SMARTS) is 2. The van der Waals surface area contributed by atoms with Gasteiger partial charge in [-0.2, -0.15) is 11.8 Å². The molecule has 5 unspecified atom stereocenters. The molecule has 3 amide bonds. The van der Waals surface area contributed by atoms with Crippen LogP contribution in [0.5, 0.6) is 0 Å². The molecule has 0 radical (unpaired) electrons. The topological polar surface area (TPSA) is 273 Å². The minimum atomic E-state index is -1.47. The molecule has 0 aromatic carbocycles. The van der Waals surface area contributed by atoms with Crippen molar-refractivity contribution in [1.82, 2.24) is 16.0 Å². The fraction of sp³-hybridized carbons (Fsp3) is 0.700. The number of carboxylic acids is 2. The zero-order valence-corrected chi connectivity index (χ0v) is 21.1. The number of amides is 3. The van der Waals surface area contributed by atoms with E-state index in [1.165, 1.54) is 18.7 Å². The Labute approximate surface area is 213 Å². The molecular weight excluding hydrogens is 498 g/mol. The average molecular weight is 536 g/mol. The van der Waals surface area contributed by atoms with Crippen LogP contribution in [0.25, 0.3) is 0 Å². The molecule has 0 aromatic heterocycles. The maximum Gasteiger partial charge on any atom is 0.326 e. The van der Waals surface area contributed by atoms with Crippen molar-refractivity contribution in [2.24, 2.45) is 22.2 Å². The standard InChI is InChI=1S/C20H37N7O8S/c1-10(28)15(21)18(33)26-11(4-3-8-24-20(22)23)16(31)25-12(7-9-36-2)17(32)27-13(19(34)35)5-6-14(29)30/h10-13,15,28H,3-9,21H2,1-2H3,(H,25,31)(H,26,33)(H,27,32)(H,29,30)(H,34,35)(H4,22,23,24). The van der Waals surface area contributed by atoms with E-state index in [-0.39, 0.29) is 38.2 Å². The number of rotatable bonds is 18. The van der Waals surface area contributed by atoms with Crippen LogP contribution in [0.15, 0.2) is 4.99 Å². The maximum absolute atomic E-state index is 13.0. The zero-order valence-electron chi connectivity index (χ0n) is 20.3. The largest absolute Gasteiger partial charge is 0.481 e. The molecule has 12 N–H and O–H groups in total. The molecule has 0 fully saturated rings. The number of hydrogen-bond donors (Lipinski definition) is 9. The van der Waals surface area contributed by atoms with E-state index in [4.69, 9.17) is 22.3 Å². The summed E-state index contributed by atoms with van der Waals surface area (Å²) in [5, 5.41) is 34.9. The predicted molar refractivity (Wildman–Crippen MR) is 133 cm³/mol. The number of nitrogens with one attached hydrogen (secondary N) is 3. The van der Waals surface area contributed by atoms with Gasteiger partial charge >= 0.3 is 11.9 Å². The highest BCUT2D eigenvalue weighted by molar-refractivity contribution is 7.98. The Morgan fingerprint density at radius 2 is 1.42 bits per heavy atom. The normalized spacial score (nSPS) is 14.9. The number of nitrogens with two attached hydrogens (primary N) is 3. The lowest BCUT2D eigenvalue weighted by molar-refractivity contribution is -0.143. The van der Waals surface area contributed by atoms with Crippen LogP contribution < -0.4 is 33.2 Å². The van der Waals surface area contributed by atoms with Gasteiger partial charge in [0.1, 0.15) is 24.2 Å². The molecule has 0 aliphatic carbocycles. The minimum absolute atomic E-state index is 0.0636. The third-order valence-electron chi connectivity index (χ3n) is 4.91. The third kappa shape index (κ3) is 13.7. The lowest BCUT2D eigenvalue weighted by atomic mass is 10.1. The van der Waals surface area contributed by atoms with Gasteiger partial charge in [0, 0.05) is 13.0 Å². The highest BCUT2D eigenvalue weighted by Crippen LogP contribution is 2.07. The van der Waals surface area contributed by atoms with E-state index >= 15 is 0 Å². The van der Waals surface area contributed by atoms with Gasteiger partial charge in [-0.1, -0.05) is 0 Å². The first-order chi connectivity index (χ1) is 16.8. The van der Waals surface area contributed by atoms with Crippen LogP contribution in [0.3, 0.4) is 0 Å². The smallest absolute Gasteiger partial charge is 0.326 e. The van der Waals surface area contributed by atoms with Gasteiger partial charge < -0.3 is 48.5 Å². The van der Waals surface area contributed by atoms with Crippen molar-refractivity contribution in [3.63, 3.8) is 0 Å².